The summed E-state index contributed by atoms with van der Waals surface area (Å²) in [5.74, 6) is -2.35. The van der Waals surface area contributed by atoms with Gasteiger partial charge in [-0.1, -0.05) is 6.07 Å². The highest BCUT2D eigenvalue weighted by Crippen LogP contribution is 2.32. The number of rotatable bonds is 5. The molecule has 0 saturated carbocycles. The summed E-state index contributed by atoms with van der Waals surface area (Å²) in [5.41, 5.74) is 4.53. The van der Waals surface area contributed by atoms with Gasteiger partial charge >= 0.3 is 0 Å². The Kier molecular flexibility index (Phi) is 5.82. The zero-order chi connectivity index (χ0) is 28.2. The number of halogens is 2. The summed E-state index contributed by atoms with van der Waals surface area (Å²) in [5, 5.41) is 5.18. The van der Waals surface area contributed by atoms with Crippen molar-refractivity contribution in [3.05, 3.63) is 94.8 Å². The highest BCUT2D eigenvalue weighted by Gasteiger charge is 2.23. The maximum absolute atomic E-state index is 14.2. The maximum Gasteiger partial charge on any atom is 0.254 e. The molecule has 11 heteroatoms. The Morgan fingerprint density at radius 3 is 2.66 bits per heavy atom. The smallest absolute Gasteiger partial charge is 0.254 e. The van der Waals surface area contributed by atoms with Gasteiger partial charge in [0.15, 0.2) is 11.6 Å². The fourth-order valence-electron chi connectivity index (χ4n) is 5.29. The first-order valence-corrected chi connectivity index (χ1v) is 13.0. The Hall–Kier alpha value is -5.03. The molecule has 1 aliphatic heterocycles. The number of aromatic amines is 2. The fraction of sp³-hybridized carbons (Fsp3) is 0.167. The standard InChI is InChI=1S/C30H23F2N5O4/c1-16-11-19(41-25-4-2-3-21(31)26(25)32)14-23-27(16)37-29(35-23)20(15-33-37)28(38)24-13-18-12-17(5-6-22(18)34-24)30(39)36-7-9-40-10-8-36/h2-6,11-15,34-35H,7-10H2,1H3. The number of hydrogen-bond donors (Lipinski definition) is 2. The van der Waals surface area contributed by atoms with E-state index < -0.39 is 11.6 Å². The summed E-state index contributed by atoms with van der Waals surface area (Å²) in [6, 6.07) is 14.1. The topological polar surface area (TPSA) is 105 Å². The Morgan fingerprint density at radius 1 is 1.00 bits per heavy atom. The van der Waals surface area contributed by atoms with Crippen LogP contribution < -0.4 is 4.74 Å². The van der Waals surface area contributed by atoms with Gasteiger partial charge < -0.3 is 24.3 Å². The van der Waals surface area contributed by atoms with Gasteiger partial charge in [-0.25, -0.2) is 8.91 Å². The molecule has 41 heavy (non-hydrogen) atoms. The summed E-state index contributed by atoms with van der Waals surface area (Å²) < 4.78 is 40.4. The van der Waals surface area contributed by atoms with Crippen molar-refractivity contribution in [3.8, 4) is 11.5 Å². The van der Waals surface area contributed by atoms with Crippen LogP contribution in [0.25, 0.3) is 27.6 Å². The van der Waals surface area contributed by atoms with E-state index in [1.54, 1.807) is 45.8 Å². The molecule has 0 radical (unpaired) electrons. The first-order valence-electron chi connectivity index (χ1n) is 13.0. The van der Waals surface area contributed by atoms with Crippen molar-refractivity contribution >= 4 is 39.3 Å². The van der Waals surface area contributed by atoms with Crippen molar-refractivity contribution in [1.82, 2.24) is 24.5 Å². The number of aromatic nitrogens is 4. The highest BCUT2D eigenvalue weighted by atomic mass is 19.2. The number of ether oxygens (including phenoxy) is 2. The molecule has 9 nitrogen and oxygen atoms in total. The number of aryl methyl sites for hydroxylation is 1. The molecule has 206 valence electrons. The zero-order valence-corrected chi connectivity index (χ0v) is 21.8. The van der Waals surface area contributed by atoms with Crippen molar-refractivity contribution < 1.29 is 27.8 Å². The van der Waals surface area contributed by atoms with Gasteiger partial charge in [0.2, 0.25) is 11.6 Å². The number of imidazole rings is 1. The number of morpholine rings is 1. The van der Waals surface area contributed by atoms with Crippen molar-refractivity contribution in [3.63, 3.8) is 0 Å². The van der Waals surface area contributed by atoms with Crippen LogP contribution in [0.1, 0.15) is 32.0 Å². The molecule has 7 rings (SSSR count). The van der Waals surface area contributed by atoms with Crippen LogP contribution in [0.4, 0.5) is 8.78 Å². The second-order valence-corrected chi connectivity index (χ2v) is 9.95. The number of H-pyrrole nitrogens is 2. The van der Waals surface area contributed by atoms with E-state index in [0.717, 1.165) is 22.5 Å². The first kappa shape index (κ1) is 25.0. The average Bonchev–Trinajstić information content (AvgIpc) is 3.68. The Morgan fingerprint density at radius 2 is 1.83 bits per heavy atom. The predicted octanol–water partition coefficient (Wildman–Crippen LogP) is 5.38. The summed E-state index contributed by atoms with van der Waals surface area (Å²) in [7, 11) is 0. The number of carbonyl (C=O) groups excluding carboxylic acids is 2. The lowest BCUT2D eigenvalue weighted by atomic mass is 10.1. The van der Waals surface area contributed by atoms with Gasteiger partial charge in [-0.15, -0.1) is 0 Å². The van der Waals surface area contributed by atoms with E-state index in [2.05, 4.69) is 15.1 Å². The van der Waals surface area contributed by atoms with Gasteiger partial charge in [-0.3, -0.25) is 9.59 Å². The van der Waals surface area contributed by atoms with Crippen LogP contribution >= 0.6 is 0 Å². The predicted molar refractivity (Wildman–Crippen MR) is 147 cm³/mol. The zero-order valence-electron chi connectivity index (χ0n) is 21.8. The fourth-order valence-corrected chi connectivity index (χ4v) is 5.29. The van der Waals surface area contributed by atoms with Crippen LogP contribution in [0.5, 0.6) is 11.5 Å². The minimum absolute atomic E-state index is 0.0699. The second-order valence-electron chi connectivity index (χ2n) is 9.95. The second kappa shape index (κ2) is 9.56. The first-order chi connectivity index (χ1) is 19.9. The molecule has 0 bridgehead atoms. The third-order valence-corrected chi connectivity index (χ3v) is 7.31. The number of hydrogen-bond acceptors (Lipinski definition) is 5. The van der Waals surface area contributed by atoms with Crippen LogP contribution in [-0.2, 0) is 4.74 Å². The molecule has 2 N–H and O–H groups in total. The Labute approximate surface area is 231 Å². The summed E-state index contributed by atoms with van der Waals surface area (Å²) in [4.78, 5) is 34.7. The molecule has 3 aromatic heterocycles. The average molecular weight is 556 g/mol. The number of benzene rings is 3. The van der Waals surface area contributed by atoms with Gasteiger partial charge in [0.05, 0.1) is 41.7 Å². The van der Waals surface area contributed by atoms with Crippen molar-refractivity contribution in [1.29, 1.82) is 0 Å². The van der Waals surface area contributed by atoms with E-state index in [1.807, 2.05) is 6.92 Å². The number of carbonyl (C=O) groups is 2. The number of ketones is 1. The van der Waals surface area contributed by atoms with Gasteiger partial charge in [0.25, 0.3) is 5.91 Å². The SMILES string of the molecule is Cc1cc(Oc2cccc(F)c2F)cc2[nH]c3c(C(=O)c4cc5cc(C(=O)N6CCOCC6)ccc5[nH]4)cnn3c12. The van der Waals surface area contributed by atoms with Crippen molar-refractivity contribution in [2.75, 3.05) is 26.3 Å². The molecule has 0 atom stereocenters. The summed E-state index contributed by atoms with van der Waals surface area (Å²) >= 11 is 0. The monoisotopic (exact) mass is 555 g/mol. The van der Waals surface area contributed by atoms with E-state index in [-0.39, 0.29) is 17.4 Å². The number of fused-ring (bicyclic) bond motifs is 4. The van der Waals surface area contributed by atoms with E-state index in [4.69, 9.17) is 9.47 Å². The number of amides is 1. The van der Waals surface area contributed by atoms with Crippen LogP contribution in [0.3, 0.4) is 0 Å². The normalized spacial score (nSPS) is 13.9. The molecule has 1 fully saturated rings. The van der Waals surface area contributed by atoms with E-state index in [9.17, 15) is 18.4 Å². The lowest BCUT2D eigenvalue weighted by Crippen LogP contribution is -2.40. The lowest BCUT2D eigenvalue weighted by Gasteiger charge is -2.26. The minimum Gasteiger partial charge on any atom is -0.454 e. The van der Waals surface area contributed by atoms with Crippen LogP contribution in [0, 0.1) is 18.6 Å². The Balaban J connectivity index is 1.21. The van der Waals surface area contributed by atoms with Crippen molar-refractivity contribution in [2.24, 2.45) is 0 Å². The molecule has 3 aromatic carbocycles. The van der Waals surface area contributed by atoms with Crippen LogP contribution in [0.15, 0.2) is 60.8 Å². The highest BCUT2D eigenvalue weighted by molar-refractivity contribution is 6.14. The van der Waals surface area contributed by atoms with Gasteiger partial charge in [-0.2, -0.15) is 9.49 Å². The minimum atomic E-state index is -1.07. The third-order valence-electron chi connectivity index (χ3n) is 7.31. The molecule has 0 spiro atoms. The molecule has 0 aliphatic carbocycles. The number of nitrogens with one attached hydrogen (secondary N) is 2. The molecule has 4 heterocycles. The molecule has 0 unspecified atom stereocenters. The van der Waals surface area contributed by atoms with Crippen molar-refractivity contribution in [2.45, 2.75) is 6.92 Å². The third kappa shape index (κ3) is 4.21. The van der Waals surface area contributed by atoms with Gasteiger partial charge in [0.1, 0.15) is 11.4 Å². The Bertz CT molecular complexity index is 2000. The summed E-state index contributed by atoms with van der Waals surface area (Å²) in [6.07, 6.45) is 1.50. The molecule has 6 aromatic rings. The van der Waals surface area contributed by atoms with E-state index >= 15 is 0 Å². The van der Waals surface area contributed by atoms with Gasteiger partial charge in [0, 0.05) is 35.6 Å². The molecular weight excluding hydrogens is 532 g/mol. The quantitative estimate of drug-likeness (QED) is 0.278. The summed E-state index contributed by atoms with van der Waals surface area (Å²) in [6.45, 7) is 3.96. The van der Waals surface area contributed by atoms with E-state index in [0.29, 0.717) is 65.6 Å². The maximum atomic E-state index is 14.2. The van der Waals surface area contributed by atoms with Gasteiger partial charge in [-0.05, 0) is 55.0 Å². The number of nitrogens with zero attached hydrogens (tertiary/aromatic N) is 3. The molecule has 1 amide bonds. The van der Waals surface area contributed by atoms with Crippen LogP contribution in [0.2, 0.25) is 0 Å². The van der Waals surface area contributed by atoms with Crippen LogP contribution in [-0.4, -0.2) is 62.5 Å². The molecular formula is C30H23F2N5O4. The van der Waals surface area contributed by atoms with E-state index in [1.165, 1.54) is 18.3 Å². The largest absolute Gasteiger partial charge is 0.454 e. The molecule has 1 saturated heterocycles. The molecule has 1 aliphatic rings. The lowest BCUT2D eigenvalue weighted by molar-refractivity contribution is 0.0303.